The minimum atomic E-state index is -3.37. The average molecular weight is 475 g/mol. The summed E-state index contributed by atoms with van der Waals surface area (Å²) in [6, 6.07) is 3.71. The minimum Gasteiger partial charge on any atom is -0.493 e. The Morgan fingerprint density at radius 2 is 1.91 bits per heavy atom. The molecule has 0 aromatic heterocycles. The molecule has 1 aliphatic rings. The van der Waals surface area contributed by atoms with Crippen molar-refractivity contribution in [2.45, 2.75) is 83.5 Å². The molecule has 1 heterocycles. The van der Waals surface area contributed by atoms with Crippen molar-refractivity contribution in [1.82, 2.24) is 0 Å². The zero-order valence-corrected chi connectivity index (χ0v) is 21.4. The summed E-state index contributed by atoms with van der Waals surface area (Å²) >= 11 is 0. The van der Waals surface area contributed by atoms with Crippen LogP contribution in [0.5, 0.6) is 5.75 Å². The van der Waals surface area contributed by atoms with Gasteiger partial charge in [0.1, 0.15) is 5.75 Å². The molecule has 0 amide bonds. The second-order valence-electron chi connectivity index (χ2n) is 9.50. The molecule has 0 saturated heterocycles. The molecule has 0 bridgehead atoms. The van der Waals surface area contributed by atoms with Crippen molar-refractivity contribution in [3.05, 3.63) is 53.1 Å². The molecule has 0 aliphatic carbocycles. The SMILES string of the molecule is CCCCCCOc1cc2c(cc1/C(C)=C/C=C/C(C)=C/C(=O)O)C(C)(C)CCCS2(=O)=O. The molecule has 1 aromatic rings. The van der Waals surface area contributed by atoms with E-state index in [-0.39, 0.29) is 11.2 Å². The minimum absolute atomic E-state index is 0.158. The fourth-order valence-electron chi connectivity index (χ4n) is 4.11. The monoisotopic (exact) mass is 474 g/mol. The molecule has 1 aliphatic heterocycles. The Kier molecular flexibility index (Phi) is 9.53. The number of carboxylic acid groups (broad SMARTS) is 1. The fourth-order valence-corrected chi connectivity index (χ4v) is 5.81. The summed E-state index contributed by atoms with van der Waals surface area (Å²) in [5.74, 6) is -0.233. The summed E-state index contributed by atoms with van der Waals surface area (Å²) in [6.07, 6.45) is 12.3. The van der Waals surface area contributed by atoms with Crippen LogP contribution in [-0.2, 0) is 20.0 Å². The van der Waals surface area contributed by atoms with Gasteiger partial charge in [0.05, 0.1) is 17.3 Å². The number of hydrogen-bond donors (Lipinski definition) is 1. The van der Waals surface area contributed by atoms with Gasteiger partial charge in [0, 0.05) is 11.6 Å². The van der Waals surface area contributed by atoms with Crippen LogP contribution in [0.3, 0.4) is 0 Å². The number of allylic oxidation sites excluding steroid dienone is 5. The van der Waals surface area contributed by atoms with E-state index in [1.54, 1.807) is 19.1 Å². The predicted molar refractivity (Wildman–Crippen MR) is 135 cm³/mol. The maximum atomic E-state index is 13.0. The Hall–Kier alpha value is -2.34. The Balaban J connectivity index is 2.52. The van der Waals surface area contributed by atoms with Crippen LogP contribution in [0.1, 0.15) is 84.3 Å². The molecule has 182 valence electrons. The lowest BCUT2D eigenvalue weighted by Crippen LogP contribution is -2.18. The number of ether oxygens (including phenoxy) is 1. The zero-order chi connectivity index (χ0) is 24.6. The van der Waals surface area contributed by atoms with Gasteiger partial charge in [0.15, 0.2) is 9.84 Å². The van der Waals surface area contributed by atoms with Crippen molar-refractivity contribution < 1.29 is 23.1 Å². The number of fused-ring (bicyclic) bond motifs is 1. The van der Waals surface area contributed by atoms with Crippen LogP contribution in [0.15, 0.2) is 46.9 Å². The molecule has 6 heteroatoms. The van der Waals surface area contributed by atoms with E-state index >= 15 is 0 Å². The van der Waals surface area contributed by atoms with Gasteiger partial charge in [-0.25, -0.2) is 13.2 Å². The highest BCUT2D eigenvalue weighted by molar-refractivity contribution is 7.91. The predicted octanol–water partition coefficient (Wildman–Crippen LogP) is 6.48. The summed E-state index contributed by atoms with van der Waals surface area (Å²) in [5, 5.41) is 8.88. The number of unbranched alkanes of at least 4 members (excludes halogenated alkanes) is 3. The molecule has 2 rings (SSSR count). The maximum Gasteiger partial charge on any atom is 0.328 e. The first-order chi connectivity index (χ1) is 15.5. The lowest BCUT2D eigenvalue weighted by molar-refractivity contribution is -0.131. The van der Waals surface area contributed by atoms with Gasteiger partial charge in [-0.3, -0.25) is 0 Å². The second-order valence-corrected chi connectivity index (χ2v) is 11.6. The molecule has 0 fully saturated rings. The summed E-state index contributed by atoms with van der Waals surface area (Å²) < 4.78 is 32.2. The van der Waals surface area contributed by atoms with Crippen LogP contribution in [0.4, 0.5) is 0 Å². The normalized spacial score (nSPS) is 18.1. The molecule has 0 radical (unpaired) electrons. The van der Waals surface area contributed by atoms with Gasteiger partial charge in [-0.15, -0.1) is 0 Å². The number of benzene rings is 1. The van der Waals surface area contributed by atoms with Gasteiger partial charge in [-0.1, -0.05) is 58.3 Å². The van der Waals surface area contributed by atoms with E-state index in [1.165, 1.54) is 0 Å². The molecular weight excluding hydrogens is 436 g/mol. The number of hydrogen-bond acceptors (Lipinski definition) is 4. The van der Waals surface area contributed by atoms with Gasteiger partial charge in [-0.2, -0.15) is 0 Å². The third-order valence-corrected chi connectivity index (χ3v) is 7.93. The first kappa shape index (κ1) is 26.9. The van der Waals surface area contributed by atoms with Crippen LogP contribution in [0.25, 0.3) is 5.57 Å². The number of aliphatic carboxylic acids is 1. The molecular formula is C27H38O5S. The maximum absolute atomic E-state index is 13.0. The van der Waals surface area contributed by atoms with Crippen LogP contribution in [0, 0.1) is 0 Å². The lowest BCUT2D eigenvalue weighted by atomic mass is 9.79. The van der Waals surface area contributed by atoms with Crippen molar-refractivity contribution in [3.8, 4) is 5.75 Å². The third kappa shape index (κ3) is 7.60. The average Bonchev–Trinajstić information content (AvgIpc) is 2.80. The lowest BCUT2D eigenvalue weighted by Gasteiger charge is -2.26. The number of carboxylic acids is 1. The molecule has 5 nitrogen and oxygen atoms in total. The largest absolute Gasteiger partial charge is 0.493 e. The Bertz CT molecular complexity index is 1040. The fraction of sp³-hybridized carbons (Fsp3) is 0.519. The van der Waals surface area contributed by atoms with E-state index in [0.717, 1.165) is 54.9 Å². The van der Waals surface area contributed by atoms with Gasteiger partial charge >= 0.3 is 5.97 Å². The molecule has 0 saturated carbocycles. The number of carbonyl (C=O) groups is 1. The molecule has 0 unspecified atom stereocenters. The molecule has 1 aromatic carbocycles. The van der Waals surface area contributed by atoms with Crippen LogP contribution >= 0.6 is 0 Å². The van der Waals surface area contributed by atoms with Gasteiger partial charge in [0.25, 0.3) is 0 Å². The van der Waals surface area contributed by atoms with Crippen molar-refractivity contribution in [2.24, 2.45) is 0 Å². The van der Waals surface area contributed by atoms with E-state index in [4.69, 9.17) is 9.84 Å². The highest BCUT2D eigenvalue weighted by Crippen LogP contribution is 2.42. The van der Waals surface area contributed by atoms with Crippen molar-refractivity contribution in [2.75, 3.05) is 12.4 Å². The smallest absolute Gasteiger partial charge is 0.328 e. The summed E-state index contributed by atoms with van der Waals surface area (Å²) in [7, 11) is -3.37. The zero-order valence-electron chi connectivity index (χ0n) is 20.6. The first-order valence-electron chi connectivity index (χ1n) is 11.8. The van der Waals surface area contributed by atoms with E-state index in [0.29, 0.717) is 29.2 Å². The van der Waals surface area contributed by atoms with E-state index in [9.17, 15) is 13.2 Å². The van der Waals surface area contributed by atoms with Crippen molar-refractivity contribution in [3.63, 3.8) is 0 Å². The van der Waals surface area contributed by atoms with E-state index in [2.05, 4.69) is 20.8 Å². The summed E-state index contributed by atoms with van der Waals surface area (Å²) in [6.45, 7) is 10.6. The topological polar surface area (TPSA) is 80.7 Å². The van der Waals surface area contributed by atoms with Gasteiger partial charge < -0.3 is 9.84 Å². The number of rotatable bonds is 10. The molecule has 0 spiro atoms. The standard InChI is InChI=1S/C27H38O5S/c1-6-7-8-9-15-32-24-19-25-23(27(4,5)14-11-16-33(25,30)31)18-22(24)21(3)13-10-12-20(2)17-26(28)29/h10,12-13,17-19H,6-9,11,14-16H2,1-5H3,(H,28,29)/b12-10+,20-17+,21-13+. The molecule has 33 heavy (non-hydrogen) atoms. The quantitative estimate of drug-likeness (QED) is 0.238. The Labute approximate surface area is 199 Å². The third-order valence-electron chi connectivity index (χ3n) is 6.10. The second kappa shape index (κ2) is 11.7. The van der Waals surface area contributed by atoms with Gasteiger partial charge in [-0.05, 0) is 67.4 Å². The highest BCUT2D eigenvalue weighted by atomic mass is 32.2. The highest BCUT2D eigenvalue weighted by Gasteiger charge is 2.34. The Morgan fingerprint density at radius 1 is 1.18 bits per heavy atom. The summed E-state index contributed by atoms with van der Waals surface area (Å²) in [4.78, 5) is 11.2. The number of sulfone groups is 1. The van der Waals surface area contributed by atoms with Crippen molar-refractivity contribution in [1.29, 1.82) is 0 Å². The summed E-state index contributed by atoms with van der Waals surface area (Å²) in [5.41, 5.74) is 3.02. The first-order valence-corrected chi connectivity index (χ1v) is 13.4. The molecule has 1 N–H and O–H groups in total. The van der Waals surface area contributed by atoms with E-state index in [1.807, 2.05) is 25.1 Å². The van der Waals surface area contributed by atoms with Crippen LogP contribution < -0.4 is 4.74 Å². The van der Waals surface area contributed by atoms with Crippen LogP contribution in [-0.4, -0.2) is 31.9 Å². The van der Waals surface area contributed by atoms with Crippen molar-refractivity contribution >= 4 is 21.4 Å². The molecule has 0 atom stereocenters. The van der Waals surface area contributed by atoms with E-state index < -0.39 is 15.8 Å². The van der Waals surface area contributed by atoms with Crippen LogP contribution in [0.2, 0.25) is 0 Å². The van der Waals surface area contributed by atoms with Gasteiger partial charge in [0.2, 0.25) is 0 Å². The Morgan fingerprint density at radius 3 is 2.58 bits per heavy atom.